The lowest BCUT2D eigenvalue weighted by molar-refractivity contribution is 0.0430. The molecule has 0 bridgehead atoms. The van der Waals surface area contributed by atoms with Crippen LogP contribution in [0.3, 0.4) is 0 Å². The number of ether oxygens (including phenoxy) is 3. The highest BCUT2D eigenvalue weighted by Crippen LogP contribution is 2.40. The zero-order valence-electron chi connectivity index (χ0n) is 13.6. The average Bonchev–Trinajstić information content (AvgIpc) is 2.55. The number of hydrogen-bond donors (Lipinski definition) is 1. The van der Waals surface area contributed by atoms with Crippen LogP contribution >= 0.6 is 0 Å². The molecule has 5 nitrogen and oxygen atoms in total. The van der Waals surface area contributed by atoms with E-state index in [2.05, 4.69) is 18.7 Å². The Bertz CT molecular complexity index is 446. The Labute approximate surface area is 132 Å². The van der Waals surface area contributed by atoms with E-state index in [1.807, 2.05) is 18.2 Å². The number of aliphatic hydroxyl groups excluding tert-OH is 1. The Morgan fingerprint density at radius 2 is 2.00 bits per heavy atom. The third kappa shape index (κ3) is 4.52. The van der Waals surface area contributed by atoms with Crippen molar-refractivity contribution in [3.8, 4) is 17.2 Å². The van der Waals surface area contributed by atoms with Gasteiger partial charge in [-0.15, -0.1) is 0 Å². The average molecular weight is 309 g/mol. The maximum atomic E-state index is 9.15. The normalized spacial score (nSPS) is 16.8. The van der Waals surface area contributed by atoms with Crippen molar-refractivity contribution in [2.24, 2.45) is 0 Å². The summed E-state index contributed by atoms with van der Waals surface area (Å²) in [5.74, 6) is 1.99. The molecule has 0 radical (unpaired) electrons. The largest absolute Gasteiger partial charge is 0.488 e. The molecular weight excluding hydrogens is 282 g/mol. The van der Waals surface area contributed by atoms with Crippen LogP contribution in [0, 0.1) is 0 Å². The summed E-state index contributed by atoms with van der Waals surface area (Å²) in [5, 5.41) is 9.15. The Kier molecular flexibility index (Phi) is 6.80. The van der Waals surface area contributed by atoms with E-state index in [0.29, 0.717) is 30.5 Å². The Morgan fingerprint density at radius 3 is 2.68 bits per heavy atom. The molecule has 0 aliphatic carbocycles. The van der Waals surface area contributed by atoms with Gasteiger partial charge in [-0.05, 0) is 38.1 Å². The fourth-order valence-electron chi connectivity index (χ4n) is 2.58. The lowest BCUT2D eigenvalue weighted by Gasteiger charge is -2.27. The third-order valence-corrected chi connectivity index (χ3v) is 3.60. The molecule has 1 heterocycles. The van der Waals surface area contributed by atoms with Crippen molar-refractivity contribution >= 4 is 0 Å². The van der Waals surface area contributed by atoms with E-state index in [1.54, 1.807) is 0 Å². The van der Waals surface area contributed by atoms with Crippen LogP contribution in [0.4, 0.5) is 0 Å². The van der Waals surface area contributed by atoms with Crippen molar-refractivity contribution in [3.63, 3.8) is 0 Å². The molecule has 1 aliphatic rings. The number of nitrogens with zero attached hydrogens (tertiary/aromatic N) is 1. The first-order valence-electron chi connectivity index (χ1n) is 8.17. The van der Waals surface area contributed by atoms with Crippen LogP contribution in [-0.4, -0.2) is 55.6 Å². The van der Waals surface area contributed by atoms with Crippen LogP contribution < -0.4 is 14.2 Å². The lowest BCUT2D eigenvalue weighted by Crippen LogP contribution is -2.32. The van der Waals surface area contributed by atoms with Crippen LogP contribution in [0.15, 0.2) is 18.2 Å². The minimum Gasteiger partial charge on any atom is -0.488 e. The quantitative estimate of drug-likeness (QED) is 0.758. The molecule has 22 heavy (non-hydrogen) atoms. The maximum Gasteiger partial charge on any atom is 0.203 e. The molecule has 2 rings (SSSR count). The van der Waals surface area contributed by atoms with Gasteiger partial charge in [-0.3, -0.25) is 4.90 Å². The molecule has 1 aromatic carbocycles. The molecule has 1 N–H and O–H groups in total. The van der Waals surface area contributed by atoms with Gasteiger partial charge >= 0.3 is 0 Å². The minimum atomic E-state index is -0.299. The summed E-state index contributed by atoms with van der Waals surface area (Å²) in [7, 11) is 0. The van der Waals surface area contributed by atoms with Gasteiger partial charge in [0.15, 0.2) is 17.6 Å². The van der Waals surface area contributed by atoms with E-state index >= 15 is 0 Å². The summed E-state index contributed by atoms with van der Waals surface area (Å²) in [6.07, 6.45) is 2.01. The second kappa shape index (κ2) is 8.86. The van der Waals surface area contributed by atoms with Gasteiger partial charge in [-0.1, -0.05) is 19.9 Å². The number of benzene rings is 1. The van der Waals surface area contributed by atoms with Gasteiger partial charge in [0.25, 0.3) is 0 Å². The van der Waals surface area contributed by atoms with E-state index < -0.39 is 0 Å². The van der Waals surface area contributed by atoms with E-state index in [-0.39, 0.29) is 12.7 Å². The molecule has 0 fully saturated rings. The number of para-hydroxylation sites is 1. The lowest BCUT2D eigenvalue weighted by atomic mass is 10.2. The minimum absolute atomic E-state index is 0.0481. The number of aliphatic hydroxyl groups is 1. The topological polar surface area (TPSA) is 51.2 Å². The van der Waals surface area contributed by atoms with E-state index in [0.717, 1.165) is 32.5 Å². The molecule has 124 valence electrons. The third-order valence-electron chi connectivity index (χ3n) is 3.60. The number of fused-ring (bicyclic) bond motifs is 1. The smallest absolute Gasteiger partial charge is 0.203 e. The highest BCUT2D eigenvalue weighted by atomic mass is 16.6. The Hall–Kier alpha value is -1.46. The van der Waals surface area contributed by atoms with Gasteiger partial charge < -0.3 is 19.3 Å². The highest BCUT2D eigenvalue weighted by Gasteiger charge is 2.23. The van der Waals surface area contributed by atoms with Gasteiger partial charge in [0, 0.05) is 6.54 Å². The molecule has 1 aliphatic heterocycles. The van der Waals surface area contributed by atoms with Crippen molar-refractivity contribution in [1.29, 1.82) is 0 Å². The van der Waals surface area contributed by atoms with Crippen LogP contribution in [0.5, 0.6) is 17.2 Å². The first-order chi connectivity index (χ1) is 10.8. The molecule has 5 heteroatoms. The van der Waals surface area contributed by atoms with Crippen molar-refractivity contribution in [2.75, 3.05) is 39.5 Å². The van der Waals surface area contributed by atoms with E-state index in [4.69, 9.17) is 19.3 Å². The first kappa shape index (κ1) is 16.9. The van der Waals surface area contributed by atoms with Crippen molar-refractivity contribution < 1.29 is 19.3 Å². The molecule has 0 amide bonds. The first-order valence-corrected chi connectivity index (χ1v) is 8.17. The van der Waals surface area contributed by atoms with E-state index in [1.165, 1.54) is 0 Å². The maximum absolute atomic E-state index is 9.15. The predicted octanol–water partition coefficient (Wildman–Crippen LogP) is 2.32. The van der Waals surface area contributed by atoms with Gasteiger partial charge in [0.2, 0.25) is 5.75 Å². The molecule has 0 aromatic heterocycles. The zero-order chi connectivity index (χ0) is 15.8. The van der Waals surface area contributed by atoms with Gasteiger partial charge in [0.05, 0.1) is 6.61 Å². The molecule has 0 saturated carbocycles. The van der Waals surface area contributed by atoms with Gasteiger partial charge in [-0.2, -0.15) is 0 Å². The summed E-state index contributed by atoms with van der Waals surface area (Å²) in [6.45, 7) is 8.42. The Morgan fingerprint density at radius 1 is 1.23 bits per heavy atom. The van der Waals surface area contributed by atoms with Crippen molar-refractivity contribution in [2.45, 2.75) is 32.8 Å². The predicted molar refractivity (Wildman–Crippen MR) is 86.0 cm³/mol. The second-order valence-corrected chi connectivity index (χ2v) is 5.51. The SMILES string of the molecule is CCCN(CCC)CCOc1cccc2c1OCC(CO)O2. The fourth-order valence-corrected chi connectivity index (χ4v) is 2.58. The number of rotatable bonds is 9. The molecule has 0 spiro atoms. The second-order valence-electron chi connectivity index (χ2n) is 5.51. The van der Waals surface area contributed by atoms with Crippen molar-refractivity contribution in [3.05, 3.63) is 18.2 Å². The summed E-state index contributed by atoms with van der Waals surface area (Å²) in [5.41, 5.74) is 0. The molecule has 1 atom stereocenters. The number of hydrogen-bond acceptors (Lipinski definition) is 5. The highest BCUT2D eigenvalue weighted by molar-refractivity contribution is 5.52. The summed E-state index contributed by atoms with van der Waals surface area (Å²) in [6, 6.07) is 5.61. The van der Waals surface area contributed by atoms with Gasteiger partial charge in [-0.25, -0.2) is 0 Å². The summed E-state index contributed by atoms with van der Waals surface area (Å²) >= 11 is 0. The van der Waals surface area contributed by atoms with Crippen LogP contribution in [-0.2, 0) is 0 Å². The zero-order valence-corrected chi connectivity index (χ0v) is 13.6. The van der Waals surface area contributed by atoms with E-state index in [9.17, 15) is 0 Å². The molecule has 1 aromatic rings. The van der Waals surface area contributed by atoms with Crippen LogP contribution in [0.25, 0.3) is 0 Å². The summed E-state index contributed by atoms with van der Waals surface area (Å²) < 4.78 is 17.2. The molecular formula is C17H27NO4. The molecule has 1 unspecified atom stereocenters. The van der Waals surface area contributed by atoms with Gasteiger partial charge in [0.1, 0.15) is 13.2 Å². The Balaban J connectivity index is 1.91. The standard InChI is InChI=1S/C17H27NO4/c1-3-8-18(9-4-2)10-11-20-15-6-5-7-16-17(15)21-13-14(12-19)22-16/h5-7,14,19H,3-4,8-13H2,1-2H3. The fraction of sp³-hybridized carbons (Fsp3) is 0.647. The van der Waals surface area contributed by atoms with Crippen LogP contribution in [0.1, 0.15) is 26.7 Å². The van der Waals surface area contributed by atoms with Crippen molar-refractivity contribution in [1.82, 2.24) is 4.90 Å². The molecule has 0 saturated heterocycles. The summed E-state index contributed by atoms with van der Waals surface area (Å²) in [4.78, 5) is 2.41. The van der Waals surface area contributed by atoms with Crippen LogP contribution in [0.2, 0.25) is 0 Å². The monoisotopic (exact) mass is 309 g/mol.